The van der Waals surface area contributed by atoms with Gasteiger partial charge in [-0.1, -0.05) is 39.0 Å². The van der Waals surface area contributed by atoms with E-state index in [1.807, 2.05) is 18.2 Å². The van der Waals surface area contributed by atoms with Crippen molar-refractivity contribution in [2.24, 2.45) is 5.84 Å². The number of nitrogens with two attached hydrogens (primary N) is 1. The molecule has 2 aromatic carbocycles. The molecule has 0 aliphatic heterocycles. The van der Waals surface area contributed by atoms with Crippen LogP contribution in [0.25, 0.3) is 10.8 Å². The number of nitrogen functional groups attached to an aromatic ring is 1. The molecule has 2 aromatic rings. The first-order valence-corrected chi connectivity index (χ1v) is 8.54. The molecule has 5 heteroatoms. The van der Waals surface area contributed by atoms with E-state index in [0.717, 1.165) is 16.3 Å². The molecule has 0 saturated carbocycles. The van der Waals surface area contributed by atoms with Crippen LogP contribution in [0.2, 0.25) is 5.04 Å². The molecule has 0 saturated heterocycles. The second-order valence-electron chi connectivity index (χ2n) is 7.21. The van der Waals surface area contributed by atoms with Crippen LogP contribution in [-0.4, -0.2) is 15.7 Å². The molecule has 0 fully saturated rings. The molecule has 0 unspecified atom stereocenters. The van der Waals surface area contributed by atoms with Gasteiger partial charge in [0.2, 0.25) is 9.76 Å². The van der Waals surface area contributed by atoms with Gasteiger partial charge in [0.1, 0.15) is 0 Å². The van der Waals surface area contributed by atoms with Crippen molar-refractivity contribution in [1.29, 1.82) is 0 Å². The van der Waals surface area contributed by atoms with Crippen LogP contribution in [0.1, 0.15) is 50.5 Å². The highest BCUT2D eigenvalue weighted by atomic mass is 28.2. The Morgan fingerprint density at radius 3 is 2.26 bits per heavy atom. The highest BCUT2D eigenvalue weighted by Crippen LogP contribution is 2.31. The Kier molecular flexibility index (Phi) is 4.94. The number of carbonyl (C=O) groups excluding carboxylic acids is 1. The standard InChI is InChI=1S/C18H24N2O2Si/c1-17(2,3)23-22-18(4,5)15-9-8-12-10-14(16(21)20-19)7-6-13(12)11-15/h6-11H,19H2,1-5H3,(H,20,21). The normalized spacial score (nSPS) is 12.4. The van der Waals surface area contributed by atoms with Gasteiger partial charge in [0.05, 0.1) is 5.60 Å². The zero-order valence-corrected chi connectivity index (χ0v) is 15.4. The van der Waals surface area contributed by atoms with Crippen molar-refractivity contribution in [3.8, 4) is 0 Å². The molecule has 122 valence electrons. The molecule has 0 aliphatic rings. The van der Waals surface area contributed by atoms with E-state index in [1.165, 1.54) is 0 Å². The smallest absolute Gasteiger partial charge is 0.265 e. The molecular weight excluding hydrogens is 304 g/mol. The maximum absolute atomic E-state index is 11.6. The van der Waals surface area contributed by atoms with Gasteiger partial charge in [-0.15, -0.1) is 0 Å². The lowest BCUT2D eigenvalue weighted by atomic mass is 9.95. The molecule has 0 aromatic heterocycles. The van der Waals surface area contributed by atoms with Crippen molar-refractivity contribution >= 4 is 26.4 Å². The van der Waals surface area contributed by atoms with Gasteiger partial charge in [-0.05, 0) is 53.4 Å². The third-order valence-electron chi connectivity index (χ3n) is 3.54. The van der Waals surface area contributed by atoms with Crippen LogP contribution in [0.3, 0.4) is 0 Å². The summed E-state index contributed by atoms with van der Waals surface area (Å²) in [6.07, 6.45) is 0. The lowest BCUT2D eigenvalue weighted by Crippen LogP contribution is -2.29. The van der Waals surface area contributed by atoms with Crippen molar-refractivity contribution in [3.05, 3.63) is 47.5 Å². The van der Waals surface area contributed by atoms with E-state index < -0.39 is 0 Å². The number of benzene rings is 2. The summed E-state index contributed by atoms with van der Waals surface area (Å²) >= 11 is 0. The highest BCUT2D eigenvalue weighted by Gasteiger charge is 2.25. The molecule has 2 rings (SSSR count). The Balaban J connectivity index is 2.31. The summed E-state index contributed by atoms with van der Waals surface area (Å²) in [7, 11) is 0.423. The molecule has 0 bridgehead atoms. The number of nitrogens with one attached hydrogen (secondary N) is 1. The lowest BCUT2D eigenvalue weighted by molar-refractivity contribution is 0.0953. The molecule has 0 spiro atoms. The largest absolute Gasteiger partial charge is 0.408 e. The molecule has 0 aliphatic carbocycles. The van der Waals surface area contributed by atoms with Gasteiger partial charge < -0.3 is 4.43 Å². The number of fused-ring (bicyclic) bond motifs is 1. The maximum atomic E-state index is 11.6. The first-order valence-electron chi connectivity index (χ1n) is 7.63. The van der Waals surface area contributed by atoms with Gasteiger partial charge in [-0.3, -0.25) is 10.2 Å². The molecular formula is C18H24N2O2Si. The molecule has 4 nitrogen and oxygen atoms in total. The topological polar surface area (TPSA) is 64.3 Å². The Hall–Kier alpha value is -1.69. The lowest BCUT2D eigenvalue weighted by Gasteiger charge is -2.30. The third kappa shape index (κ3) is 4.40. The van der Waals surface area contributed by atoms with Crippen LogP contribution in [0.4, 0.5) is 0 Å². The van der Waals surface area contributed by atoms with E-state index in [2.05, 4.69) is 52.2 Å². The van der Waals surface area contributed by atoms with Crippen molar-refractivity contribution in [2.45, 2.75) is 45.3 Å². The zero-order valence-electron chi connectivity index (χ0n) is 14.4. The van der Waals surface area contributed by atoms with Crippen molar-refractivity contribution < 1.29 is 9.22 Å². The van der Waals surface area contributed by atoms with Crippen LogP contribution in [-0.2, 0) is 10.0 Å². The predicted octanol–water partition coefficient (Wildman–Crippen LogP) is 3.53. The van der Waals surface area contributed by atoms with Crippen molar-refractivity contribution in [2.75, 3.05) is 0 Å². The average Bonchev–Trinajstić information content (AvgIpc) is 2.50. The Bertz CT molecular complexity index is 721. The van der Waals surface area contributed by atoms with Crippen LogP contribution < -0.4 is 11.3 Å². The number of carbonyl (C=O) groups is 1. The summed E-state index contributed by atoms with van der Waals surface area (Å²) in [5, 5.41) is 2.23. The monoisotopic (exact) mass is 328 g/mol. The van der Waals surface area contributed by atoms with Gasteiger partial charge >= 0.3 is 0 Å². The van der Waals surface area contributed by atoms with E-state index in [9.17, 15) is 4.79 Å². The number of amides is 1. The minimum Gasteiger partial charge on any atom is -0.408 e. The second kappa shape index (κ2) is 6.43. The fraction of sp³-hybridized carbons (Fsp3) is 0.389. The van der Waals surface area contributed by atoms with Crippen LogP contribution in [0.5, 0.6) is 0 Å². The number of rotatable bonds is 4. The van der Waals surface area contributed by atoms with Crippen molar-refractivity contribution in [3.63, 3.8) is 0 Å². The van der Waals surface area contributed by atoms with E-state index in [0.29, 0.717) is 15.3 Å². The highest BCUT2D eigenvalue weighted by molar-refractivity contribution is 6.31. The SMILES string of the molecule is CC(C)(C)[Si]OC(C)(C)c1ccc2cc(C(=O)NN)ccc2c1. The summed E-state index contributed by atoms with van der Waals surface area (Å²) in [6.45, 7) is 10.7. The summed E-state index contributed by atoms with van der Waals surface area (Å²) in [5.74, 6) is 4.90. The van der Waals surface area contributed by atoms with E-state index in [1.54, 1.807) is 6.07 Å². The number of hydrogen-bond acceptors (Lipinski definition) is 3. The minimum absolute atomic E-state index is 0.151. The second-order valence-corrected chi connectivity index (χ2v) is 9.12. The van der Waals surface area contributed by atoms with Gasteiger partial charge in [-0.25, -0.2) is 5.84 Å². The van der Waals surface area contributed by atoms with Gasteiger partial charge in [0.25, 0.3) is 5.91 Å². The Morgan fingerprint density at radius 1 is 1.04 bits per heavy atom. The zero-order chi connectivity index (χ0) is 17.3. The fourth-order valence-corrected chi connectivity index (χ4v) is 2.86. The van der Waals surface area contributed by atoms with Crippen molar-refractivity contribution in [1.82, 2.24) is 5.43 Å². The van der Waals surface area contributed by atoms with Gasteiger partial charge in [-0.2, -0.15) is 0 Å². The van der Waals surface area contributed by atoms with E-state index in [-0.39, 0.29) is 16.5 Å². The van der Waals surface area contributed by atoms with Crippen LogP contribution >= 0.6 is 0 Å². The van der Waals surface area contributed by atoms with Crippen LogP contribution in [0, 0.1) is 0 Å². The molecule has 0 atom stereocenters. The molecule has 1 amide bonds. The summed E-state index contributed by atoms with van der Waals surface area (Å²) < 4.78 is 6.16. The summed E-state index contributed by atoms with van der Waals surface area (Å²) in [4.78, 5) is 11.6. The number of hydrazine groups is 1. The molecule has 2 radical (unpaired) electrons. The first kappa shape index (κ1) is 17.7. The first-order chi connectivity index (χ1) is 10.6. The fourth-order valence-electron chi connectivity index (χ4n) is 2.18. The predicted molar refractivity (Wildman–Crippen MR) is 95.2 cm³/mol. The molecule has 0 heterocycles. The van der Waals surface area contributed by atoms with Gasteiger partial charge in [0.15, 0.2) is 0 Å². The summed E-state index contributed by atoms with van der Waals surface area (Å²) in [6, 6.07) is 11.7. The molecule has 3 N–H and O–H groups in total. The minimum atomic E-state index is -0.354. The maximum Gasteiger partial charge on any atom is 0.265 e. The van der Waals surface area contributed by atoms with Crippen LogP contribution in [0.15, 0.2) is 36.4 Å². The number of hydrogen-bond donors (Lipinski definition) is 2. The average molecular weight is 328 g/mol. The molecule has 23 heavy (non-hydrogen) atoms. The Morgan fingerprint density at radius 2 is 1.65 bits per heavy atom. The van der Waals surface area contributed by atoms with Gasteiger partial charge in [0, 0.05) is 5.56 Å². The third-order valence-corrected chi connectivity index (χ3v) is 4.77. The Labute approximate surface area is 140 Å². The van der Waals surface area contributed by atoms with E-state index in [4.69, 9.17) is 10.3 Å². The summed E-state index contributed by atoms with van der Waals surface area (Å²) in [5.41, 5.74) is 3.48. The van der Waals surface area contributed by atoms with E-state index >= 15 is 0 Å². The quantitative estimate of drug-likeness (QED) is 0.390.